The van der Waals surface area contributed by atoms with E-state index < -0.39 is 22.7 Å². The lowest BCUT2D eigenvalue weighted by atomic mass is 10.2. The number of thioether (sulfide) groups is 1. The fourth-order valence-corrected chi connectivity index (χ4v) is 4.31. The van der Waals surface area contributed by atoms with Crippen LogP contribution in [0.4, 0.5) is 4.79 Å². The average molecular weight is 464 g/mol. The Balaban J connectivity index is 1.23. The minimum absolute atomic E-state index is 0.0134. The van der Waals surface area contributed by atoms with E-state index in [0.717, 1.165) is 16.7 Å². The monoisotopic (exact) mass is 464 g/mol. The number of para-hydroxylation sites is 1. The van der Waals surface area contributed by atoms with E-state index in [1.807, 2.05) is 0 Å². The van der Waals surface area contributed by atoms with Crippen molar-refractivity contribution in [2.24, 2.45) is 0 Å². The van der Waals surface area contributed by atoms with Crippen LogP contribution in [0.15, 0.2) is 62.6 Å². The second-order valence-electron chi connectivity index (χ2n) is 7.19. The lowest BCUT2D eigenvalue weighted by molar-refractivity contribution is -0.122. The number of imide groups is 1. The molecular weight excluding hydrogens is 448 g/mol. The second kappa shape index (κ2) is 8.47. The van der Waals surface area contributed by atoms with Gasteiger partial charge in [0, 0.05) is 18.5 Å². The summed E-state index contributed by atoms with van der Waals surface area (Å²) in [4.78, 5) is 50.9. The molecule has 3 amide bonds. The zero-order chi connectivity index (χ0) is 22.9. The summed E-state index contributed by atoms with van der Waals surface area (Å²) in [6.07, 6.45) is 1.60. The SMILES string of the molecule is O=C(NCCN1C(=O)S/C(=C\c2ccc3c(c2)OCO3)C1=O)c1cc2ccccc2oc1=O. The summed E-state index contributed by atoms with van der Waals surface area (Å²) in [5, 5.41) is 2.74. The van der Waals surface area contributed by atoms with Crippen molar-refractivity contribution in [3.63, 3.8) is 0 Å². The van der Waals surface area contributed by atoms with E-state index in [9.17, 15) is 19.2 Å². The van der Waals surface area contributed by atoms with E-state index in [1.54, 1.807) is 48.5 Å². The van der Waals surface area contributed by atoms with Gasteiger partial charge in [-0.1, -0.05) is 24.3 Å². The molecule has 3 heterocycles. The number of nitrogens with one attached hydrogen (secondary N) is 1. The fourth-order valence-electron chi connectivity index (χ4n) is 3.44. The van der Waals surface area contributed by atoms with Gasteiger partial charge >= 0.3 is 5.63 Å². The maximum atomic E-state index is 12.7. The smallest absolute Gasteiger partial charge is 0.349 e. The minimum Gasteiger partial charge on any atom is -0.454 e. The highest BCUT2D eigenvalue weighted by molar-refractivity contribution is 8.18. The van der Waals surface area contributed by atoms with Crippen LogP contribution in [0.1, 0.15) is 15.9 Å². The maximum absolute atomic E-state index is 12.7. The molecule has 0 atom stereocenters. The van der Waals surface area contributed by atoms with Crippen molar-refractivity contribution < 1.29 is 28.3 Å². The number of carbonyl (C=O) groups is 3. The van der Waals surface area contributed by atoms with Crippen molar-refractivity contribution in [1.29, 1.82) is 0 Å². The largest absolute Gasteiger partial charge is 0.454 e. The Kier molecular flexibility index (Phi) is 5.35. The molecule has 2 aromatic carbocycles. The fraction of sp³-hybridized carbons (Fsp3) is 0.130. The highest BCUT2D eigenvalue weighted by Gasteiger charge is 2.34. The Hall–Kier alpha value is -4.05. The first-order chi connectivity index (χ1) is 16.0. The normalized spacial score (nSPS) is 16.1. The Labute approximate surface area is 190 Å². The van der Waals surface area contributed by atoms with Crippen LogP contribution in [0, 0.1) is 0 Å². The van der Waals surface area contributed by atoms with Gasteiger partial charge < -0.3 is 19.2 Å². The first-order valence-corrected chi connectivity index (χ1v) is 10.8. The predicted octanol–water partition coefficient (Wildman–Crippen LogP) is 2.99. The molecule has 166 valence electrons. The van der Waals surface area contributed by atoms with E-state index in [0.29, 0.717) is 28.0 Å². The second-order valence-corrected chi connectivity index (χ2v) is 8.18. The van der Waals surface area contributed by atoms with Gasteiger partial charge in [-0.3, -0.25) is 19.3 Å². The van der Waals surface area contributed by atoms with Crippen LogP contribution < -0.4 is 20.4 Å². The number of hydrogen-bond acceptors (Lipinski definition) is 8. The number of rotatable bonds is 5. The number of ether oxygens (including phenoxy) is 2. The van der Waals surface area contributed by atoms with Gasteiger partial charge in [0.2, 0.25) is 6.79 Å². The van der Waals surface area contributed by atoms with E-state index in [1.165, 1.54) is 6.07 Å². The van der Waals surface area contributed by atoms with Crippen LogP contribution in [-0.2, 0) is 4.79 Å². The molecule has 3 aromatic rings. The van der Waals surface area contributed by atoms with Gasteiger partial charge in [0.15, 0.2) is 11.5 Å². The van der Waals surface area contributed by atoms with Crippen molar-refractivity contribution in [2.75, 3.05) is 19.9 Å². The number of amides is 3. The van der Waals surface area contributed by atoms with Gasteiger partial charge in [0.1, 0.15) is 11.1 Å². The zero-order valence-corrected chi connectivity index (χ0v) is 17.8. The Morgan fingerprint density at radius 3 is 2.76 bits per heavy atom. The van der Waals surface area contributed by atoms with Crippen LogP contribution in [0.3, 0.4) is 0 Å². The van der Waals surface area contributed by atoms with Crippen LogP contribution in [0.25, 0.3) is 17.0 Å². The van der Waals surface area contributed by atoms with Gasteiger partial charge in [-0.25, -0.2) is 4.79 Å². The topological polar surface area (TPSA) is 115 Å². The number of hydrogen-bond donors (Lipinski definition) is 1. The van der Waals surface area contributed by atoms with E-state index in [-0.39, 0.29) is 30.4 Å². The van der Waals surface area contributed by atoms with Crippen LogP contribution in [-0.4, -0.2) is 41.8 Å². The molecule has 1 aromatic heterocycles. The predicted molar refractivity (Wildman–Crippen MR) is 120 cm³/mol. The van der Waals surface area contributed by atoms with Gasteiger partial charge in [-0.15, -0.1) is 0 Å². The highest BCUT2D eigenvalue weighted by Crippen LogP contribution is 2.36. The van der Waals surface area contributed by atoms with Crippen LogP contribution in [0.2, 0.25) is 0 Å². The Morgan fingerprint density at radius 2 is 1.88 bits per heavy atom. The maximum Gasteiger partial charge on any atom is 0.349 e. The van der Waals surface area contributed by atoms with Crippen molar-refractivity contribution in [3.05, 3.63) is 75.0 Å². The molecule has 0 unspecified atom stereocenters. The quantitative estimate of drug-likeness (QED) is 0.453. The molecule has 0 saturated carbocycles. The van der Waals surface area contributed by atoms with Gasteiger partial charge in [0.05, 0.1) is 4.91 Å². The summed E-state index contributed by atoms with van der Waals surface area (Å²) < 4.78 is 15.8. The first-order valence-electron chi connectivity index (χ1n) is 9.96. The molecule has 1 N–H and O–H groups in total. The molecule has 1 saturated heterocycles. The number of benzene rings is 2. The molecule has 33 heavy (non-hydrogen) atoms. The van der Waals surface area contributed by atoms with Crippen LogP contribution >= 0.6 is 11.8 Å². The molecule has 0 radical (unpaired) electrons. The van der Waals surface area contributed by atoms with Crippen molar-refractivity contribution >= 4 is 45.9 Å². The van der Waals surface area contributed by atoms with E-state index >= 15 is 0 Å². The van der Waals surface area contributed by atoms with Gasteiger partial charge in [0.25, 0.3) is 17.1 Å². The third-order valence-electron chi connectivity index (χ3n) is 5.07. The highest BCUT2D eigenvalue weighted by atomic mass is 32.2. The summed E-state index contributed by atoms with van der Waals surface area (Å²) in [6, 6.07) is 13.5. The Bertz CT molecular complexity index is 1400. The summed E-state index contributed by atoms with van der Waals surface area (Å²) in [6.45, 7) is 0.0937. The molecule has 0 aliphatic carbocycles. The van der Waals surface area contributed by atoms with Gasteiger partial charge in [-0.05, 0) is 47.7 Å². The molecule has 1 fully saturated rings. The molecule has 2 aliphatic heterocycles. The van der Waals surface area contributed by atoms with Gasteiger partial charge in [-0.2, -0.15) is 0 Å². The molecule has 9 nitrogen and oxygen atoms in total. The van der Waals surface area contributed by atoms with E-state index in [2.05, 4.69) is 5.32 Å². The molecule has 5 rings (SSSR count). The molecule has 0 bridgehead atoms. The lowest BCUT2D eigenvalue weighted by Gasteiger charge is -2.12. The average Bonchev–Trinajstić information content (AvgIpc) is 3.37. The number of fused-ring (bicyclic) bond motifs is 2. The summed E-state index contributed by atoms with van der Waals surface area (Å²) in [7, 11) is 0. The van der Waals surface area contributed by atoms with Crippen molar-refractivity contribution in [1.82, 2.24) is 10.2 Å². The van der Waals surface area contributed by atoms with Crippen molar-refractivity contribution in [3.8, 4) is 11.5 Å². The molecule has 0 spiro atoms. The summed E-state index contributed by atoms with van der Waals surface area (Å²) >= 11 is 0.818. The minimum atomic E-state index is -0.760. The lowest BCUT2D eigenvalue weighted by Crippen LogP contribution is -2.38. The Morgan fingerprint density at radius 1 is 1.06 bits per heavy atom. The third-order valence-corrected chi connectivity index (χ3v) is 5.98. The molecule has 2 aliphatic rings. The third kappa shape index (κ3) is 4.08. The van der Waals surface area contributed by atoms with Crippen molar-refractivity contribution in [2.45, 2.75) is 0 Å². The zero-order valence-electron chi connectivity index (χ0n) is 17.0. The first kappa shape index (κ1) is 20.8. The summed E-state index contributed by atoms with van der Waals surface area (Å²) in [5.74, 6) is 0.0971. The number of carbonyl (C=O) groups excluding carboxylic acids is 3. The van der Waals surface area contributed by atoms with Crippen LogP contribution in [0.5, 0.6) is 11.5 Å². The molecular formula is C23H16N2O7S. The number of nitrogens with zero attached hydrogens (tertiary/aromatic N) is 1. The standard InChI is InChI=1S/C23H16N2O7S/c26-20(15-11-14-3-1-2-4-16(14)32-22(15)28)24-7-8-25-21(27)19(33-23(25)29)10-13-5-6-17-18(9-13)31-12-30-17/h1-6,9-11H,7-8,12H2,(H,24,26)/b19-10-. The summed E-state index contributed by atoms with van der Waals surface area (Å²) in [5.41, 5.74) is 0.168. The van der Waals surface area contributed by atoms with E-state index in [4.69, 9.17) is 13.9 Å². The molecule has 10 heteroatoms.